The number of anilines is 2. The topological polar surface area (TPSA) is 116 Å². The van der Waals surface area contributed by atoms with Crippen LogP contribution in [0.25, 0.3) is 0 Å². The van der Waals surface area contributed by atoms with Gasteiger partial charge in [0.1, 0.15) is 17.2 Å². The highest BCUT2D eigenvalue weighted by atomic mass is 16.6. The minimum absolute atomic E-state index is 0.205. The number of piperidine rings is 2. The molecule has 0 aromatic carbocycles. The molecular formula is C27H41N7O3. The Balaban J connectivity index is 1.35. The first kappa shape index (κ1) is 26.9. The number of amides is 2. The number of hydrogen-bond acceptors (Lipinski definition) is 7. The number of ether oxygens (including phenoxy) is 1. The number of aromatic nitrogens is 4. The third-order valence-electron chi connectivity index (χ3n) is 7.19. The lowest BCUT2D eigenvalue weighted by Gasteiger charge is -2.43. The highest BCUT2D eigenvalue weighted by Gasteiger charge is 2.42. The molecule has 10 heteroatoms. The first-order valence-corrected chi connectivity index (χ1v) is 13.3. The van der Waals surface area contributed by atoms with Crippen molar-refractivity contribution in [2.75, 3.05) is 31.5 Å². The van der Waals surface area contributed by atoms with Crippen LogP contribution < -0.4 is 5.32 Å². The van der Waals surface area contributed by atoms with Gasteiger partial charge in [-0.05, 0) is 72.6 Å². The fraction of sp³-hybridized carbons (Fsp3) is 0.667. The number of nitrogens with one attached hydrogen (secondary N) is 2. The minimum atomic E-state index is -0.520. The van der Waals surface area contributed by atoms with Gasteiger partial charge < -0.3 is 19.9 Å². The van der Waals surface area contributed by atoms with Gasteiger partial charge in [-0.15, -0.1) is 0 Å². The van der Waals surface area contributed by atoms with E-state index in [1.807, 2.05) is 58.6 Å². The molecule has 2 saturated heterocycles. The lowest BCUT2D eigenvalue weighted by atomic mass is 9.78. The van der Waals surface area contributed by atoms with Gasteiger partial charge >= 0.3 is 6.09 Å². The highest BCUT2D eigenvalue weighted by Crippen LogP contribution is 2.35. The fourth-order valence-corrected chi connectivity index (χ4v) is 5.23. The summed E-state index contributed by atoms with van der Waals surface area (Å²) in [6.45, 7) is 14.1. The van der Waals surface area contributed by atoms with Gasteiger partial charge in [-0.25, -0.2) is 14.8 Å². The minimum Gasteiger partial charge on any atom is -0.444 e. The predicted molar refractivity (Wildman–Crippen MR) is 142 cm³/mol. The van der Waals surface area contributed by atoms with Gasteiger partial charge in [0.25, 0.3) is 0 Å². The zero-order valence-electron chi connectivity index (χ0n) is 23.1. The normalized spacial score (nSPS) is 20.0. The average molecular weight is 512 g/mol. The van der Waals surface area contributed by atoms with Crippen molar-refractivity contribution in [1.82, 2.24) is 30.0 Å². The van der Waals surface area contributed by atoms with Gasteiger partial charge in [0.15, 0.2) is 5.82 Å². The van der Waals surface area contributed by atoms with Crippen LogP contribution in [0.2, 0.25) is 0 Å². The Bertz CT molecular complexity index is 1120. The Morgan fingerprint density at radius 1 is 1.11 bits per heavy atom. The second kappa shape index (κ2) is 10.7. The maximum absolute atomic E-state index is 13.6. The summed E-state index contributed by atoms with van der Waals surface area (Å²) in [5, 5.41) is 10.4. The van der Waals surface area contributed by atoms with Crippen molar-refractivity contribution in [3.63, 3.8) is 0 Å². The van der Waals surface area contributed by atoms with Crippen LogP contribution in [0.3, 0.4) is 0 Å². The van der Waals surface area contributed by atoms with Crippen LogP contribution >= 0.6 is 0 Å². The van der Waals surface area contributed by atoms with E-state index in [9.17, 15) is 9.59 Å². The first-order chi connectivity index (χ1) is 17.4. The number of nitrogens with zero attached hydrogens (tertiary/aromatic N) is 5. The summed E-state index contributed by atoms with van der Waals surface area (Å²) < 4.78 is 5.52. The Hall–Kier alpha value is -3.17. The maximum atomic E-state index is 13.6. The van der Waals surface area contributed by atoms with E-state index in [1.54, 1.807) is 4.90 Å². The molecule has 4 rings (SSSR count). The highest BCUT2D eigenvalue weighted by molar-refractivity contribution is 5.83. The van der Waals surface area contributed by atoms with Crippen LogP contribution in [0, 0.1) is 25.2 Å². The van der Waals surface area contributed by atoms with Crippen molar-refractivity contribution in [2.24, 2.45) is 11.3 Å². The first-order valence-electron chi connectivity index (χ1n) is 13.3. The molecule has 0 radical (unpaired) electrons. The lowest BCUT2D eigenvalue weighted by Crippen LogP contribution is -2.52. The van der Waals surface area contributed by atoms with Gasteiger partial charge in [-0.1, -0.05) is 6.92 Å². The third kappa shape index (κ3) is 6.99. The van der Waals surface area contributed by atoms with Crippen molar-refractivity contribution < 1.29 is 14.3 Å². The molecule has 0 spiro atoms. The van der Waals surface area contributed by atoms with Gasteiger partial charge in [0, 0.05) is 55.1 Å². The largest absolute Gasteiger partial charge is 0.444 e. The van der Waals surface area contributed by atoms with Crippen LogP contribution in [0.5, 0.6) is 0 Å². The van der Waals surface area contributed by atoms with Crippen LogP contribution in [0.1, 0.15) is 70.6 Å². The summed E-state index contributed by atoms with van der Waals surface area (Å²) in [5.74, 6) is 2.71. The summed E-state index contributed by atoms with van der Waals surface area (Å²) in [7, 11) is 0. The smallest absolute Gasteiger partial charge is 0.410 e. The van der Waals surface area contributed by atoms with E-state index < -0.39 is 11.0 Å². The molecular weight excluding hydrogens is 470 g/mol. The molecule has 2 fully saturated rings. The molecule has 2 aromatic rings. The van der Waals surface area contributed by atoms with Gasteiger partial charge in [0.05, 0.1) is 0 Å². The van der Waals surface area contributed by atoms with E-state index in [1.165, 1.54) is 0 Å². The van der Waals surface area contributed by atoms with Crippen molar-refractivity contribution in [3.05, 3.63) is 29.3 Å². The zero-order valence-corrected chi connectivity index (χ0v) is 23.1. The van der Waals surface area contributed by atoms with Crippen LogP contribution in [-0.4, -0.2) is 73.7 Å². The summed E-state index contributed by atoms with van der Waals surface area (Å²) in [6, 6.07) is 3.91. The van der Waals surface area contributed by atoms with Gasteiger partial charge in [-0.2, -0.15) is 5.10 Å². The van der Waals surface area contributed by atoms with E-state index in [-0.39, 0.29) is 12.0 Å². The number of carbonyl (C=O) groups excluding carboxylic acids is 2. The molecule has 1 atom stereocenters. The second-order valence-electron chi connectivity index (χ2n) is 11.8. The Labute approximate surface area is 219 Å². The number of aromatic amines is 1. The maximum Gasteiger partial charge on any atom is 0.410 e. The number of rotatable bonds is 5. The quantitative estimate of drug-likeness (QED) is 0.612. The van der Waals surface area contributed by atoms with Crippen molar-refractivity contribution in [3.8, 4) is 0 Å². The van der Waals surface area contributed by atoms with Crippen molar-refractivity contribution in [1.29, 1.82) is 0 Å². The Morgan fingerprint density at radius 2 is 1.84 bits per heavy atom. The molecule has 2 aromatic heterocycles. The number of carbonyl (C=O) groups is 2. The number of H-pyrrole nitrogens is 1. The van der Waals surface area contributed by atoms with E-state index in [0.717, 1.165) is 55.4 Å². The molecule has 202 valence electrons. The SMILES string of the molecule is Cc1nc(C[C@@H]2CCCN(C(=O)C3(C)CCN(C(=O)OC(C)(C)C)CC3)C2)cc(Nc2cc(C)[nH]n2)n1. The summed E-state index contributed by atoms with van der Waals surface area (Å²) in [4.78, 5) is 39.0. The van der Waals surface area contributed by atoms with E-state index >= 15 is 0 Å². The van der Waals surface area contributed by atoms with Crippen LogP contribution in [0.4, 0.5) is 16.4 Å². The van der Waals surface area contributed by atoms with Crippen LogP contribution in [-0.2, 0) is 16.0 Å². The van der Waals surface area contributed by atoms with Crippen LogP contribution in [0.15, 0.2) is 12.1 Å². The monoisotopic (exact) mass is 511 g/mol. The summed E-state index contributed by atoms with van der Waals surface area (Å²) in [6.07, 6.45) is 3.86. The molecule has 2 aliphatic rings. The third-order valence-corrected chi connectivity index (χ3v) is 7.19. The molecule has 10 nitrogen and oxygen atoms in total. The molecule has 0 unspecified atom stereocenters. The second-order valence-corrected chi connectivity index (χ2v) is 11.8. The Kier molecular flexibility index (Phi) is 7.75. The number of likely N-dealkylation sites (tertiary alicyclic amines) is 2. The Morgan fingerprint density at radius 3 is 2.49 bits per heavy atom. The zero-order chi connectivity index (χ0) is 26.8. The van der Waals surface area contributed by atoms with Gasteiger partial charge in [-0.3, -0.25) is 9.89 Å². The summed E-state index contributed by atoms with van der Waals surface area (Å²) in [5.41, 5.74) is 0.973. The molecule has 2 N–H and O–H groups in total. The molecule has 4 heterocycles. The fourth-order valence-electron chi connectivity index (χ4n) is 5.23. The molecule has 2 amide bonds. The molecule has 0 aliphatic carbocycles. The van der Waals surface area contributed by atoms with Crippen molar-refractivity contribution >= 4 is 23.6 Å². The van der Waals surface area contributed by atoms with E-state index in [2.05, 4.69) is 25.5 Å². The van der Waals surface area contributed by atoms with Gasteiger partial charge in [0.2, 0.25) is 5.91 Å². The molecule has 2 aliphatic heterocycles. The molecule has 0 saturated carbocycles. The lowest BCUT2D eigenvalue weighted by molar-refractivity contribution is -0.145. The molecule has 37 heavy (non-hydrogen) atoms. The van der Waals surface area contributed by atoms with Crippen molar-refractivity contribution in [2.45, 2.75) is 79.2 Å². The molecule has 0 bridgehead atoms. The predicted octanol–water partition coefficient (Wildman–Crippen LogP) is 4.38. The van der Waals surface area contributed by atoms with E-state index in [4.69, 9.17) is 4.74 Å². The summed E-state index contributed by atoms with van der Waals surface area (Å²) >= 11 is 0. The van der Waals surface area contributed by atoms with E-state index in [0.29, 0.717) is 37.7 Å². The number of aryl methyl sites for hydroxylation is 2. The average Bonchev–Trinajstić information content (AvgIpc) is 3.22. The number of hydrogen-bond donors (Lipinski definition) is 2. The standard InChI is InChI=1S/C27H41N7O3/c1-18-14-23(32-31-18)30-22-16-21(28-19(2)29-22)15-20-8-7-11-34(17-20)24(35)27(6)9-12-33(13-10-27)25(36)37-26(3,4)5/h14,16,20H,7-13,15,17H2,1-6H3,(H2,28,29,30,31,32)/t20-/m0/s1.